The molecule has 0 saturated heterocycles. The fraction of sp³-hybridized carbons (Fsp3) is 0.462. The van der Waals surface area contributed by atoms with Crippen LogP contribution in [-0.4, -0.2) is 31.3 Å². The van der Waals surface area contributed by atoms with Crippen LogP contribution in [0.2, 0.25) is 0 Å². The van der Waals surface area contributed by atoms with Gasteiger partial charge in [0.15, 0.2) is 0 Å². The molecule has 0 spiro atoms. The van der Waals surface area contributed by atoms with E-state index in [0.29, 0.717) is 0 Å². The number of alkyl halides is 2. The summed E-state index contributed by atoms with van der Waals surface area (Å²) in [5, 5.41) is 11.7. The van der Waals surface area contributed by atoms with Crippen molar-refractivity contribution in [3.63, 3.8) is 0 Å². The van der Waals surface area contributed by atoms with Crippen molar-refractivity contribution in [2.45, 2.75) is 36.0 Å². The molecule has 0 radical (unpaired) electrons. The Morgan fingerprint density at radius 2 is 1.95 bits per heavy atom. The highest BCUT2D eigenvalue weighted by Gasteiger charge is 2.35. The first-order valence-corrected chi connectivity index (χ1v) is 7.96. The predicted molar refractivity (Wildman–Crippen MR) is 72.0 cm³/mol. The van der Waals surface area contributed by atoms with Gasteiger partial charge in [0.2, 0.25) is 9.84 Å². The first-order chi connectivity index (χ1) is 9.82. The Morgan fingerprint density at radius 3 is 2.48 bits per heavy atom. The molecule has 1 aromatic carbocycles. The van der Waals surface area contributed by atoms with Crippen LogP contribution in [0.15, 0.2) is 29.2 Å². The van der Waals surface area contributed by atoms with Crippen molar-refractivity contribution in [1.29, 1.82) is 0 Å². The van der Waals surface area contributed by atoms with Gasteiger partial charge in [0, 0.05) is 6.04 Å². The summed E-state index contributed by atoms with van der Waals surface area (Å²) in [6.07, 6.45) is 1.50. The molecule has 1 atom stereocenters. The number of carboxylic acid groups (broad SMARTS) is 1. The lowest BCUT2D eigenvalue weighted by molar-refractivity contribution is -0.137. The van der Waals surface area contributed by atoms with Crippen molar-refractivity contribution in [3.05, 3.63) is 24.3 Å². The lowest BCUT2D eigenvalue weighted by Crippen LogP contribution is -2.26. The SMILES string of the molecule is O=C(O)CC(Nc1ccccc1S(=O)(=O)C(F)F)C1CC1. The molecule has 0 aliphatic heterocycles. The lowest BCUT2D eigenvalue weighted by atomic mass is 10.1. The van der Waals surface area contributed by atoms with Gasteiger partial charge in [-0.1, -0.05) is 12.1 Å². The maximum atomic E-state index is 12.7. The molecule has 8 heteroatoms. The van der Waals surface area contributed by atoms with Crippen LogP contribution >= 0.6 is 0 Å². The molecule has 116 valence electrons. The van der Waals surface area contributed by atoms with Crippen LogP contribution in [0.4, 0.5) is 14.5 Å². The number of aliphatic carboxylic acids is 1. The predicted octanol–water partition coefficient (Wildman–Crippen LogP) is 2.35. The van der Waals surface area contributed by atoms with E-state index < -0.39 is 32.5 Å². The summed E-state index contributed by atoms with van der Waals surface area (Å²) in [6, 6.07) is 4.86. The highest BCUT2D eigenvalue weighted by Crippen LogP contribution is 2.37. The van der Waals surface area contributed by atoms with Crippen LogP contribution < -0.4 is 5.32 Å². The molecular formula is C13H15F2NO4S. The second-order valence-electron chi connectivity index (χ2n) is 4.99. The minimum atomic E-state index is -4.73. The molecule has 21 heavy (non-hydrogen) atoms. The van der Waals surface area contributed by atoms with E-state index in [2.05, 4.69) is 5.32 Å². The lowest BCUT2D eigenvalue weighted by Gasteiger charge is -2.20. The zero-order chi connectivity index (χ0) is 15.6. The maximum Gasteiger partial charge on any atom is 0.341 e. The average molecular weight is 319 g/mol. The van der Waals surface area contributed by atoms with Crippen LogP contribution in [0, 0.1) is 5.92 Å². The summed E-state index contributed by atoms with van der Waals surface area (Å²) in [5.41, 5.74) is 0.0240. The van der Waals surface area contributed by atoms with E-state index in [-0.39, 0.29) is 18.0 Å². The first kappa shape index (κ1) is 15.7. The third-order valence-electron chi connectivity index (χ3n) is 3.35. The number of nitrogens with one attached hydrogen (secondary N) is 1. The number of carbonyl (C=O) groups is 1. The van der Waals surface area contributed by atoms with Crippen LogP contribution in [0.3, 0.4) is 0 Å². The molecule has 1 aliphatic rings. The largest absolute Gasteiger partial charge is 0.481 e. The fourth-order valence-corrected chi connectivity index (χ4v) is 3.05. The van der Waals surface area contributed by atoms with E-state index in [1.54, 1.807) is 0 Å². The normalized spacial score (nSPS) is 16.7. The molecule has 1 unspecified atom stereocenters. The third-order valence-corrected chi connectivity index (χ3v) is 4.79. The quantitative estimate of drug-likeness (QED) is 0.806. The van der Waals surface area contributed by atoms with Crippen molar-refractivity contribution in [1.82, 2.24) is 0 Å². The van der Waals surface area contributed by atoms with Crippen molar-refractivity contribution >= 4 is 21.5 Å². The molecule has 0 heterocycles. The summed E-state index contributed by atoms with van der Waals surface area (Å²) in [5.74, 6) is -4.41. The number of sulfone groups is 1. The smallest absolute Gasteiger partial charge is 0.341 e. The van der Waals surface area contributed by atoms with Crippen LogP contribution in [0.1, 0.15) is 19.3 Å². The molecule has 2 N–H and O–H groups in total. The van der Waals surface area contributed by atoms with Crippen LogP contribution in [-0.2, 0) is 14.6 Å². The standard InChI is InChI=1S/C13H15F2NO4S/c14-13(15)21(19,20)11-4-2-1-3-9(11)16-10(7-12(17)18)8-5-6-8/h1-4,8,10,13,16H,5-7H2,(H,17,18). The maximum absolute atomic E-state index is 12.7. The second-order valence-corrected chi connectivity index (χ2v) is 6.87. The summed E-state index contributed by atoms with van der Waals surface area (Å²) < 4.78 is 48.6. The van der Waals surface area contributed by atoms with Gasteiger partial charge < -0.3 is 10.4 Å². The Kier molecular flexibility index (Phi) is 4.46. The summed E-state index contributed by atoms with van der Waals surface area (Å²) >= 11 is 0. The molecule has 1 fully saturated rings. The van der Waals surface area contributed by atoms with E-state index in [4.69, 9.17) is 5.11 Å². The highest BCUT2D eigenvalue weighted by molar-refractivity contribution is 7.91. The molecule has 1 aromatic rings. The number of hydrogen-bond acceptors (Lipinski definition) is 4. The Labute approximate surface area is 120 Å². The van der Waals surface area contributed by atoms with Crippen molar-refractivity contribution in [3.8, 4) is 0 Å². The number of rotatable bonds is 7. The zero-order valence-electron chi connectivity index (χ0n) is 11.0. The Bertz CT molecular complexity index is 629. The number of carboxylic acids is 1. The molecule has 0 amide bonds. The first-order valence-electron chi connectivity index (χ1n) is 6.41. The summed E-state index contributed by atoms with van der Waals surface area (Å²) in [7, 11) is -4.73. The fourth-order valence-electron chi connectivity index (χ4n) is 2.15. The number of hydrogen-bond donors (Lipinski definition) is 2. The van der Waals surface area contributed by atoms with Crippen LogP contribution in [0.5, 0.6) is 0 Å². The molecule has 0 bridgehead atoms. The molecule has 5 nitrogen and oxygen atoms in total. The highest BCUT2D eigenvalue weighted by atomic mass is 32.2. The number of para-hydroxylation sites is 1. The van der Waals surface area contributed by atoms with Gasteiger partial charge in [-0.25, -0.2) is 8.42 Å². The molecule has 1 saturated carbocycles. The zero-order valence-corrected chi connectivity index (χ0v) is 11.8. The average Bonchev–Trinajstić information content (AvgIpc) is 3.22. The topological polar surface area (TPSA) is 83.5 Å². The van der Waals surface area contributed by atoms with E-state index in [1.165, 1.54) is 18.2 Å². The van der Waals surface area contributed by atoms with Crippen molar-refractivity contribution < 1.29 is 27.1 Å². The Balaban J connectivity index is 2.29. The molecular weight excluding hydrogens is 304 g/mol. The Hall–Kier alpha value is -1.70. The second kappa shape index (κ2) is 5.97. The van der Waals surface area contributed by atoms with Crippen LogP contribution in [0.25, 0.3) is 0 Å². The van der Waals surface area contributed by atoms with Gasteiger partial charge >= 0.3 is 11.7 Å². The van der Waals surface area contributed by atoms with Gasteiger partial charge in [-0.3, -0.25) is 4.79 Å². The minimum absolute atomic E-state index is 0.0240. The van der Waals surface area contributed by atoms with Crippen molar-refractivity contribution in [2.75, 3.05) is 5.32 Å². The van der Waals surface area contributed by atoms with E-state index in [9.17, 15) is 22.0 Å². The molecule has 1 aliphatic carbocycles. The third kappa shape index (κ3) is 3.69. The van der Waals surface area contributed by atoms with Gasteiger partial charge in [0.25, 0.3) is 0 Å². The summed E-state index contributed by atoms with van der Waals surface area (Å²) in [4.78, 5) is 10.3. The Morgan fingerprint density at radius 1 is 1.33 bits per heavy atom. The molecule has 0 aromatic heterocycles. The van der Waals surface area contributed by atoms with E-state index >= 15 is 0 Å². The molecule has 2 rings (SSSR count). The number of halogens is 2. The van der Waals surface area contributed by atoms with E-state index in [1.807, 2.05) is 0 Å². The van der Waals surface area contributed by atoms with Gasteiger partial charge in [-0.05, 0) is 30.9 Å². The summed E-state index contributed by atoms with van der Waals surface area (Å²) in [6.45, 7) is 0. The van der Waals surface area contributed by atoms with Crippen molar-refractivity contribution in [2.24, 2.45) is 5.92 Å². The number of anilines is 1. The van der Waals surface area contributed by atoms with Gasteiger partial charge in [0.05, 0.1) is 17.0 Å². The monoisotopic (exact) mass is 319 g/mol. The number of benzene rings is 1. The van der Waals surface area contributed by atoms with Gasteiger partial charge in [-0.2, -0.15) is 8.78 Å². The van der Waals surface area contributed by atoms with Gasteiger partial charge in [0.1, 0.15) is 0 Å². The van der Waals surface area contributed by atoms with E-state index in [0.717, 1.165) is 18.9 Å². The minimum Gasteiger partial charge on any atom is -0.481 e. The van der Waals surface area contributed by atoms with Gasteiger partial charge in [-0.15, -0.1) is 0 Å².